The Kier molecular flexibility index (Phi) is 103. The fourth-order valence-corrected chi connectivity index (χ4v) is 0.236. The van der Waals surface area contributed by atoms with E-state index in [0.717, 1.165) is 52.9 Å². The largest absolute Gasteiger partial charge is 2.00 e. The Hall–Kier alpha value is -0.806. The summed E-state index contributed by atoms with van der Waals surface area (Å²) >= 11 is 0. The molecule has 0 aliphatic rings. The molecular formula is C10H30N4NiO6. The van der Waals surface area contributed by atoms with Crippen LogP contribution >= 0.6 is 0 Å². The normalized spacial score (nSPS) is 6.38. The number of carbonyl (C=O) groups is 2. The van der Waals surface area contributed by atoms with Crippen LogP contribution in [0.25, 0.3) is 0 Å². The molecule has 0 aliphatic heterocycles. The van der Waals surface area contributed by atoms with E-state index in [0.29, 0.717) is 0 Å². The van der Waals surface area contributed by atoms with Crippen molar-refractivity contribution in [2.75, 3.05) is 26.2 Å². The van der Waals surface area contributed by atoms with Crippen LogP contribution in [-0.2, 0) is 26.1 Å². The number of carboxylic acids is 2. The van der Waals surface area contributed by atoms with Gasteiger partial charge in [-0.05, 0) is 52.9 Å². The summed E-state index contributed by atoms with van der Waals surface area (Å²) in [6, 6.07) is 0. The number of hydrogen-bond donors (Lipinski definition) is 4. The van der Waals surface area contributed by atoms with Crippen molar-refractivity contribution in [3.63, 3.8) is 0 Å². The van der Waals surface area contributed by atoms with Crippen molar-refractivity contribution >= 4 is 11.9 Å². The summed E-state index contributed by atoms with van der Waals surface area (Å²) in [6.45, 7) is 4.82. The third kappa shape index (κ3) is 556. The van der Waals surface area contributed by atoms with Crippen molar-refractivity contribution in [3.05, 3.63) is 0 Å². The van der Waals surface area contributed by atoms with Gasteiger partial charge in [-0.25, -0.2) is 0 Å². The Bertz CT molecular complexity index is 148. The monoisotopic (exact) mass is 360 g/mol. The molecule has 0 amide bonds. The molecule has 0 aromatic rings. The van der Waals surface area contributed by atoms with Crippen molar-refractivity contribution in [3.8, 4) is 0 Å². The number of nitrogens with two attached hydrogens (primary N) is 4. The molecule has 0 spiro atoms. The number of hydrogen-bond acceptors (Lipinski definition) is 8. The van der Waals surface area contributed by atoms with E-state index >= 15 is 0 Å². The zero-order chi connectivity index (χ0) is 15.4. The summed E-state index contributed by atoms with van der Waals surface area (Å²) in [5.74, 6) is -2.17. The summed E-state index contributed by atoms with van der Waals surface area (Å²) < 4.78 is 0. The molecule has 11 heteroatoms. The van der Waals surface area contributed by atoms with Gasteiger partial charge < -0.3 is 53.7 Å². The molecular weight excluding hydrogens is 331 g/mol. The number of rotatable bonds is 4. The van der Waals surface area contributed by atoms with E-state index in [1.807, 2.05) is 0 Å². The SMILES string of the molecule is CC(=O)[O-].CC(=O)[O-].NCCCN.NCCCN.O.O.[Ni+2]. The molecule has 0 aliphatic carbocycles. The van der Waals surface area contributed by atoms with Gasteiger partial charge in [0.25, 0.3) is 0 Å². The van der Waals surface area contributed by atoms with Gasteiger partial charge in [0.2, 0.25) is 0 Å². The summed E-state index contributed by atoms with van der Waals surface area (Å²) in [5, 5.41) is 17.8. The molecule has 136 valence electrons. The Balaban J connectivity index is -0.0000000239. The second-order valence-corrected chi connectivity index (χ2v) is 2.84. The van der Waals surface area contributed by atoms with Gasteiger partial charge in [0.1, 0.15) is 0 Å². The number of carboxylic acid groups (broad SMARTS) is 2. The smallest absolute Gasteiger partial charge is 0.550 e. The van der Waals surface area contributed by atoms with Gasteiger partial charge in [-0.1, -0.05) is 0 Å². The first-order valence-corrected chi connectivity index (χ1v) is 5.45. The van der Waals surface area contributed by atoms with Crippen molar-refractivity contribution in [2.24, 2.45) is 22.9 Å². The van der Waals surface area contributed by atoms with Gasteiger partial charge in [0.15, 0.2) is 0 Å². The van der Waals surface area contributed by atoms with Crippen molar-refractivity contribution < 1.29 is 47.2 Å². The summed E-state index contributed by atoms with van der Waals surface area (Å²) in [5.41, 5.74) is 20.2. The molecule has 0 bridgehead atoms. The zero-order valence-electron chi connectivity index (χ0n) is 12.5. The maximum absolute atomic E-state index is 8.89. The third-order valence-corrected chi connectivity index (χ3v) is 0.816. The zero-order valence-corrected chi connectivity index (χ0v) is 13.5. The van der Waals surface area contributed by atoms with E-state index in [9.17, 15) is 0 Å². The second-order valence-electron chi connectivity index (χ2n) is 2.84. The maximum atomic E-state index is 8.89. The van der Waals surface area contributed by atoms with Crippen LogP contribution in [-0.4, -0.2) is 49.1 Å². The predicted octanol–water partition coefficient (Wildman–Crippen LogP) is -5.55. The summed E-state index contributed by atoms with van der Waals surface area (Å²) in [7, 11) is 0. The van der Waals surface area contributed by atoms with E-state index in [-0.39, 0.29) is 27.4 Å². The average Bonchev–Trinajstić information content (AvgIpc) is 2.19. The third-order valence-electron chi connectivity index (χ3n) is 0.816. The second kappa shape index (κ2) is 50.7. The summed E-state index contributed by atoms with van der Waals surface area (Å²) in [4.78, 5) is 17.8. The Morgan fingerprint density at radius 3 is 0.810 bits per heavy atom. The van der Waals surface area contributed by atoms with E-state index < -0.39 is 11.9 Å². The first-order valence-electron chi connectivity index (χ1n) is 5.45. The van der Waals surface area contributed by atoms with Gasteiger partial charge in [-0.3, -0.25) is 0 Å². The first-order chi connectivity index (χ1) is 8.29. The van der Waals surface area contributed by atoms with Crippen molar-refractivity contribution in [1.29, 1.82) is 0 Å². The van der Waals surface area contributed by atoms with Crippen LogP contribution in [0.2, 0.25) is 0 Å². The molecule has 10 nitrogen and oxygen atoms in total. The van der Waals surface area contributed by atoms with Crippen LogP contribution in [0.1, 0.15) is 26.7 Å². The molecule has 0 radical (unpaired) electrons. The van der Waals surface area contributed by atoms with Crippen LogP contribution in [0.4, 0.5) is 0 Å². The molecule has 0 rings (SSSR count). The standard InChI is InChI=1S/2C3H10N2.2C2H4O2.Ni.2H2O/c2*4-2-1-3-5;2*1-2(3)4;;;/h2*1-5H2;2*1H3,(H,3,4);;2*1H2/q;;;;+2;;/p-2. The first kappa shape index (κ1) is 42.7. The number of carbonyl (C=O) groups excluding carboxylic acids is 2. The topological polar surface area (TPSA) is 247 Å². The Morgan fingerprint density at radius 2 is 0.810 bits per heavy atom. The molecule has 0 heterocycles. The van der Waals surface area contributed by atoms with Crippen LogP contribution in [0, 0.1) is 0 Å². The predicted molar refractivity (Wildman–Crippen MR) is 74.0 cm³/mol. The minimum atomic E-state index is -1.08. The molecule has 0 saturated carbocycles. The van der Waals surface area contributed by atoms with Gasteiger partial charge in [-0.15, -0.1) is 0 Å². The fraction of sp³-hybridized carbons (Fsp3) is 0.800. The van der Waals surface area contributed by atoms with Crippen molar-refractivity contribution in [2.45, 2.75) is 26.7 Å². The van der Waals surface area contributed by atoms with Gasteiger partial charge >= 0.3 is 16.5 Å². The van der Waals surface area contributed by atoms with E-state index in [4.69, 9.17) is 42.7 Å². The van der Waals surface area contributed by atoms with E-state index in [1.54, 1.807) is 0 Å². The molecule has 0 aromatic carbocycles. The van der Waals surface area contributed by atoms with Crippen LogP contribution in [0.15, 0.2) is 0 Å². The molecule has 0 aromatic heterocycles. The minimum absolute atomic E-state index is 0. The van der Waals surface area contributed by atoms with E-state index in [2.05, 4.69) is 0 Å². The molecule has 0 unspecified atom stereocenters. The molecule has 12 N–H and O–H groups in total. The average molecular weight is 361 g/mol. The van der Waals surface area contributed by atoms with Crippen LogP contribution in [0.5, 0.6) is 0 Å². The molecule has 0 saturated heterocycles. The summed E-state index contributed by atoms with van der Waals surface area (Å²) in [6.07, 6.45) is 1.89. The quantitative estimate of drug-likeness (QED) is 0.350. The minimum Gasteiger partial charge on any atom is -0.550 e. The Morgan fingerprint density at radius 1 is 0.714 bits per heavy atom. The van der Waals surface area contributed by atoms with Crippen LogP contribution in [0.3, 0.4) is 0 Å². The molecule has 0 atom stereocenters. The van der Waals surface area contributed by atoms with Gasteiger partial charge in [0.05, 0.1) is 0 Å². The van der Waals surface area contributed by atoms with Gasteiger partial charge in [-0.2, -0.15) is 0 Å². The number of aliphatic carboxylic acids is 2. The fourth-order valence-electron chi connectivity index (χ4n) is 0.236. The molecule has 21 heavy (non-hydrogen) atoms. The Labute approximate surface area is 135 Å². The van der Waals surface area contributed by atoms with E-state index in [1.165, 1.54) is 0 Å². The van der Waals surface area contributed by atoms with Crippen LogP contribution < -0.4 is 33.1 Å². The maximum Gasteiger partial charge on any atom is 2.00 e. The van der Waals surface area contributed by atoms with Crippen molar-refractivity contribution in [1.82, 2.24) is 0 Å². The van der Waals surface area contributed by atoms with Gasteiger partial charge in [0, 0.05) is 11.9 Å². The molecule has 0 fully saturated rings.